The molecule has 0 aromatic carbocycles. The van der Waals surface area contributed by atoms with Gasteiger partial charge in [-0.1, -0.05) is 20.8 Å². The smallest absolute Gasteiger partial charge is 0.0950 e. The molecule has 1 rings (SSSR count). The predicted molar refractivity (Wildman–Crippen MR) is 71.7 cm³/mol. The van der Waals surface area contributed by atoms with Crippen molar-refractivity contribution >= 4 is 0 Å². The van der Waals surface area contributed by atoms with Crippen molar-refractivity contribution in [2.75, 3.05) is 6.54 Å². The van der Waals surface area contributed by atoms with Gasteiger partial charge in [-0.05, 0) is 19.3 Å². The fourth-order valence-electron chi connectivity index (χ4n) is 2.17. The van der Waals surface area contributed by atoms with E-state index >= 15 is 0 Å². The van der Waals surface area contributed by atoms with Crippen molar-refractivity contribution < 1.29 is 0 Å². The molecular weight excluding hydrogens is 212 g/mol. The highest BCUT2D eigenvalue weighted by atomic mass is 15.1. The second-order valence-corrected chi connectivity index (χ2v) is 4.59. The van der Waals surface area contributed by atoms with Gasteiger partial charge in [0.15, 0.2) is 0 Å². The zero-order valence-corrected chi connectivity index (χ0v) is 11.4. The van der Waals surface area contributed by atoms with Gasteiger partial charge >= 0.3 is 0 Å². The Kier molecular flexibility index (Phi) is 5.65. The Morgan fingerprint density at radius 3 is 2.47 bits per heavy atom. The van der Waals surface area contributed by atoms with Crippen LogP contribution in [0.15, 0.2) is 12.5 Å². The largest absolute Gasteiger partial charge is 0.336 e. The molecule has 4 heteroatoms. The first kappa shape index (κ1) is 14.2. The molecule has 0 saturated heterocycles. The standard InChI is InChI=1S/C13H26N4/c1-4-13(5-2,6-3)16-9-12-10-17(8-7-14)11-15-12/h10-11,16H,4-9,14H2,1-3H3. The average Bonchev–Trinajstić information content (AvgIpc) is 2.80. The Morgan fingerprint density at radius 1 is 1.29 bits per heavy atom. The summed E-state index contributed by atoms with van der Waals surface area (Å²) in [4.78, 5) is 4.39. The molecule has 1 aromatic heterocycles. The first-order valence-corrected chi connectivity index (χ1v) is 6.65. The van der Waals surface area contributed by atoms with E-state index in [-0.39, 0.29) is 5.54 Å². The maximum atomic E-state index is 5.51. The summed E-state index contributed by atoms with van der Waals surface area (Å²) in [6.45, 7) is 9.07. The summed E-state index contributed by atoms with van der Waals surface area (Å²) in [5, 5.41) is 3.65. The molecular formula is C13H26N4. The Hall–Kier alpha value is -0.870. The SMILES string of the molecule is CCC(CC)(CC)NCc1cn(CCN)cn1. The van der Waals surface area contributed by atoms with Crippen LogP contribution in [-0.2, 0) is 13.1 Å². The van der Waals surface area contributed by atoms with Gasteiger partial charge in [-0.3, -0.25) is 0 Å². The minimum atomic E-state index is 0.262. The van der Waals surface area contributed by atoms with Crippen LogP contribution in [0.5, 0.6) is 0 Å². The van der Waals surface area contributed by atoms with E-state index in [4.69, 9.17) is 5.73 Å². The summed E-state index contributed by atoms with van der Waals surface area (Å²) in [7, 11) is 0. The lowest BCUT2D eigenvalue weighted by Crippen LogP contribution is -2.43. The van der Waals surface area contributed by atoms with E-state index in [0.717, 1.165) is 38.0 Å². The van der Waals surface area contributed by atoms with Crippen LogP contribution >= 0.6 is 0 Å². The van der Waals surface area contributed by atoms with Gasteiger partial charge in [0.05, 0.1) is 12.0 Å². The molecule has 0 aliphatic carbocycles. The number of nitrogens with two attached hydrogens (primary N) is 1. The molecule has 0 unspecified atom stereocenters. The number of rotatable bonds is 8. The van der Waals surface area contributed by atoms with E-state index in [2.05, 4.69) is 37.3 Å². The average molecular weight is 238 g/mol. The minimum absolute atomic E-state index is 0.262. The number of imidazole rings is 1. The second kappa shape index (κ2) is 6.77. The first-order valence-electron chi connectivity index (χ1n) is 6.65. The van der Waals surface area contributed by atoms with Crippen molar-refractivity contribution in [2.24, 2.45) is 5.73 Å². The summed E-state index contributed by atoms with van der Waals surface area (Å²) < 4.78 is 2.04. The molecule has 17 heavy (non-hydrogen) atoms. The second-order valence-electron chi connectivity index (χ2n) is 4.59. The van der Waals surface area contributed by atoms with Crippen LogP contribution in [0.2, 0.25) is 0 Å². The van der Waals surface area contributed by atoms with E-state index in [1.807, 2.05) is 10.9 Å². The van der Waals surface area contributed by atoms with Crippen molar-refractivity contribution in [3.05, 3.63) is 18.2 Å². The molecule has 0 saturated carbocycles. The summed E-state index contributed by atoms with van der Waals surface area (Å²) in [6, 6.07) is 0. The van der Waals surface area contributed by atoms with Crippen LogP contribution in [0, 0.1) is 0 Å². The number of aromatic nitrogens is 2. The molecule has 0 aliphatic heterocycles. The third kappa shape index (κ3) is 3.82. The third-order valence-corrected chi connectivity index (χ3v) is 3.75. The van der Waals surface area contributed by atoms with Gasteiger partial charge < -0.3 is 15.6 Å². The first-order chi connectivity index (χ1) is 8.19. The molecule has 4 nitrogen and oxygen atoms in total. The Morgan fingerprint density at radius 2 is 1.94 bits per heavy atom. The lowest BCUT2D eigenvalue weighted by molar-refractivity contribution is 0.287. The molecule has 0 spiro atoms. The third-order valence-electron chi connectivity index (χ3n) is 3.75. The highest BCUT2D eigenvalue weighted by Crippen LogP contribution is 2.19. The highest BCUT2D eigenvalue weighted by Gasteiger charge is 2.22. The lowest BCUT2D eigenvalue weighted by atomic mass is 9.90. The van der Waals surface area contributed by atoms with Gasteiger partial charge in [0.1, 0.15) is 0 Å². The topological polar surface area (TPSA) is 55.9 Å². The van der Waals surface area contributed by atoms with Gasteiger partial charge in [0.2, 0.25) is 0 Å². The molecule has 0 bridgehead atoms. The van der Waals surface area contributed by atoms with Crippen LogP contribution in [0.4, 0.5) is 0 Å². The fourth-order valence-corrected chi connectivity index (χ4v) is 2.17. The molecule has 0 amide bonds. The van der Waals surface area contributed by atoms with Gasteiger partial charge in [-0.25, -0.2) is 4.98 Å². The van der Waals surface area contributed by atoms with E-state index in [9.17, 15) is 0 Å². The van der Waals surface area contributed by atoms with Crippen molar-refractivity contribution in [3.63, 3.8) is 0 Å². The molecule has 0 aliphatic rings. The number of hydrogen-bond acceptors (Lipinski definition) is 3. The van der Waals surface area contributed by atoms with Crippen molar-refractivity contribution in [1.29, 1.82) is 0 Å². The Balaban J connectivity index is 2.53. The number of nitrogens with one attached hydrogen (secondary N) is 1. The quantitative estimate of drug-likeness (QED) is 0.727. The molecule has 3 N–H and O–H groups in total. The molecule has 98 valence electrons. The maximum Gasteiger partial charge on any atom is 0.0950 e. The minimum Gasteiger partial charge on any atom is -0.336 e. The summed E-state index contributed by atoms with van der Waals surface area (Å²) >= 11 is 0. The number of hydrogen-bond donors (Lipinski definition) is 2. The monoisotopic (exact) mass is 238 g/mol. The summed E-state index contributed by atoms with van der Waals surface area (Å²) in [6.07, 6.45) is 7.40. The molecule has 0 radical (unpaired) electrons. The predicted octanol–water partition coefficient (Wildman–Crippen LogP) is 1.90. The van der Waals surface area contributed by atoms with Crippen LogP contribution in [-0.4, -0.2) is 21.6 Å². The highest BCUT2D eigenvalue weighted by molar-refractivity contribution is 4.98. The normalized spacial score (nSPS) is 12.0. The van der Waals surface area contributed by atoms with Gasteiger partial charge in [0.25, 0.3) is 0 Å². The van der Waals surface area contributed by atoms with Crippen molar-refractivity contribution in [1.82, 2.24) is 14.9 Å². The zero-order chi connectivity index (χ0) is 12.7. The molecule has 0 fully saturated rings. The van der Waals surface area contributed by atoms with E-state index in [1.54, 1.807) is 0 Å². The summed E-state index contributed by atoms with van der Waals surface area (Å²) in [5.74, 6) is 0. The molecule has 0 atom stereocenters. The number of nitrogens with zero attached hydrogens (tertiary/aromatic N) is 2. The van der Waals surface area contributed by atoms with Crippen LogP contribution < -0.4 is 11.1 Å². The van der Waals surface area contributed by atoms with Crippen LogP contribution in [0.25, 0.3) is 0 Å². The summed E-state index contributed by atoms with van der Waals surface area (Å²) in [5.41, 5.74) is 6.87. The van der Waals surface area contributed by atoms with E-state index in [0.29, 0.717) is 6.54 Å². The Bertz CT molecular complexity index is 307. The van der Waals surface area contributed by atoms with Crippen molar-refractivity contribution in [3.8, 4) is 0 Å². The van der Waals surface area contributed by atoms with Gasteiger partial charge in [-0.2, -0.15) is 0 Å². The fraction of sp³-hybridized carbons (Fsp3) is 0.769. The van der Waals surface area contributed by atoms with Crippen LogP contribution in [0.1, 0.15) is 45.7 Å². The zero-order valence-electron chi connectivity index (χ0n) is 11.4. The van der Waals surface area contributed by atoms with Gasteiger partial charge in [0, 0.05) is 31.4 Å². The molecule has 1 aromatic rings. The Labute approximate surface area is 105 Å². The van der Waals surface area contributed by atoms with E-state index in [1.165, 1.54) is 0 Å². The van der Waals surface area contributed by atoms with Crippen LogP contribution in [0.3, 0.4) is 0 Å². The molecule has 1 heterocycles. The van der Waals surface area contributed by atoms with Gasteiger partial charge in [-0.15, -0.1) is 0 Å². The van der Waals surface area contributed by atoms with E-state index < -0.39 is 0 Å². The lowest BCUT2D eigenvalue weighted by Gasteiger charge is -2.31. The maximum absolute atomic E-state index is 5.51. The van der Waals surface area contributed by atoms with Crippen molar-refractivity contribution in [2.45, 2.75) is 58.7 Å².